The molecule has 23 heavy (non-hydrogen) atoms. The van der Waals surface area contributed by atoms with Crippen molar-refractivity contribution in [3.05, 3.63) is 35.4 Å². The molecule has 1 aliphatic rings. The summed E-state index contributed by atoms with van der Waals surface area (Å²) in [5.41, 5.74) is -0.119. The average molecular weight is 330 g/mol. The van der Waals surface area contributed by atoms with Gasteiger partial charge in [0.2, 0.25) is 0 Å². The molecule has 0 spiro atoms. The Morgan fingerprint density at radius 3 is 2.39 bits per heavy atom. The monoisotopic (exact) mass is 330 g/mol. The van der Waals surface area contributed by atoms with Gasteiger partial charge < -0.3 is 15.7 Å². The van der Waals surface area contributed by atoms with Crippen molar-refractivity contribution in [3.8, 4) is 0 Å². The zero-order valence-electron chi connectivity index (χ0n) is 12.9. The second-order valence-electron chi connectivity index (χ2n) is 6.28. The van der Waals surface area contributed by atoms with Crippen LogP contribution in [-0.2, 0) is 12.6 Å². The molecule has 4 nitrogen and oxygen atoms in total. The summed E-state index contributed by atoms with van der Waals surface area (Å²) in [5, 5.41) is 14.6. The quantitative estimate of drug-likeness (QED) is 0.751. The van der Waals surface area contributed by atoms with Gasteiger partial charge in [0.1, 0.15) is 0 Å². The minimum atomic E-state index is -4.34. The summed E-state index contributed by atoms with van der Waals surface area (Å²) in [7, 11) is 0. The smallest absolute Gasteiger partial charge is 0.396 e. The van der Waals surface area contributed by atoms with E-state index in [1.165, 1.54) is 12.1 Å². The minimum Gasteiger partial charge on any atom is -0.396 e. The van der Waals surface area contributed by atoms with Gasteiger partial charge in [-0.25, -0.2) is 4.79 Å². The van der Waals surface area contributed by atoms with Gasteiger partial charge in [0.15, 0.2) is 0 Å². The van der Waals surface area contributed by atoms with Gasteiger partial charge in [0, 0.05) is 18.0 Å². The van der Waals surface area contributed by atoms with E-state index in [2.05, 4.69) is 10.6 Å². The fourth-order valence-corrected chi connectivity index (χ4v) is 2.34. The number of aliphatic hydroxyl groups is 1. The molecule has 1 aromatic rings. The molecule has 0 radical (unpaired) electrons. The molecular weight excluding hydrogens is 309 g/mol. The molecular formula is C16H21F3N2O2. The Kier molecular flexibility index (Phi) is 5.19. The lowest BCUT2D eigenvalue weighted by atomic mass is 10.1. The van der Waals surface area contributed by atoms with E-state index < -0.39 is 11.7 Å². The predicted molar refractivity (Wildman–Crippen MR) is 79.9 cm³/mol. The zero-order valence-corrected chi connectivity index (χ0v) is 12.9. The molecule has 1 fully saturated rings. The number of benzene rings is 1. The largest absolute Gasteiger partial charge is 0.416 e. The van der Waals surface area contributed by atoms with Crippen LogP contribution in [0.3, 0.4) is 0 Å². The number of aliphatic hydroxyl groups excluding tert-OH is 1. The van der Waals surface area contributed by atoms with Crippen LogP contribution >= 0.6 is 0 Å². The Balaban J connectivity index is 1.77. The summed E-state index contributed by atoms with van der Waals surface area (Å²) in [5.74, 6) is 0. The van der Waals surface area contributed by atoms with Gasteiger partial charge in [-0.1, -0.05) is 12.1 Å². The molecule has 2 amide bonds. The number of nitrogens with one attached hydrogen (secondary N) is 2. The van der Waals surface area contributed by atoms with Crippen molar-refractivity contribution in [2.75, 3.05) is 13.2 Å². The predicted octanol–water partition coefficient (Wildman–Crippen LogP) is 2.71. The molecule has 7 heteroatoms. The van der Waals surface area contributed by atoms with Crippen LogP contribution in [0.4, 0.5) is 18.0 Å². The van der Waals surface area contributed by atoms with Crippen LogP contribution < -0.4 is 10.6 Å². The highest BCUT2D eigenvalue weighted by Gasteiger charge is 2.42. The van der Waals surface area contributed by atoms with Crippen molar-refractivity contribution in [3.63, 3.8) is 0 Å². The van der Waals surface area contributed by atoms with Crippen LogP contribution in [0.2, 0.25) is 0 Å². The lowest BCUT2D eigenvalue weighted by Gasteiger charge is -2.17. The van der Waals surface area contributed by atoms with Crippen LogP contribution in [0.25, 0.3) is 0 Å². The first-order valence-corrected chi connectivity index (χ1v) is 7.55. The van der Waals surface area contributed by atoms with E-state index in [4.69, 9.17) is 0 Å². The van der Waals surface area contributed by atoms with Crippen molar-refractivity contribution in [2.24, 2.45) is 5.41 Å². The van der Waals surface area contributed by atoms with Crippen LogP contribution in [0.5, 0.6) is 0 Å². The molecule has 0 aliphatic heterocycles. The first-order valence-electron chi connectivity index (χ1n) is 7.55. The molecule has 128 valence electrons. The average Bonchev–Trinajstić information content (AvgIpc) is 3.25. The number of rotatable bonds is 6. The Hall–Kier alpha value is -1.76. The van der Waals surface area contributed by atoms with Gasteiger partial charge in [0.05, 0.1) is 12.2 Å². The highest BCUT2D eigenvalue weighted by Crippen LogP contribution is 2.44. The number of alkyl halides is 3. The summed E-state index contributed by atoms with van der Waals surface area (Å²) in [6.07, 6.45) is -2.08. The standard InChI is InChI=1S/C16H21F3N2O2/c1-11(21-14(23)20-9-15(10-22)6-7-15)8-12-2-4-13(5-3-12)16(17,18)19/h2-5,11,22H,6-10H2,1H3,(H2,20,21,23). The van der Waals surface area contributed by atoms with Gasteiger partial charge in [-0.2, -0.15) is 13.2 Å². The fourth-order valence-electron chi connectivity index (χ4n) is 2.34. The number of urea groups is 1. The Morgan fingerprint density at radius 1 is 1.30 bits per heavy atom. The Labute approximate surface area is 133 Å². The van der Waals surface area contributed by atoms with E-state index in [9.17, 15) is 23.1 Å². The first kappa shape index (κ1) is 17.6. The molecule has 1 unspecified atom stereocenters. The molecule has 0 saturated heterocycles. The van der Waals surface area contributed by atoms with Gasteiger partial charge in [-0.05, 0) is 43.9 Å². The van der Waals surface area contributed by atoms with Crippen LogP contribution in [0.1, 0.15) is 30.9 Å². The number of halogens is 3. The van der Waals surface area contributed by atoms with E-state index in [1.807, 2.05) is 0 Å². The zero-order chi connectivity index (χ0) is 17.1. The molecule has 3 N–H and O–H groups in total. The Morgan fingerprint density at radius 2 is 1.91 bits per heavy atom. The highest BCUT2D eigenvalue weighted by molar-refractivity contribution is 5.74. The van der Waals surface area contributed by atoms with Crippen molar-refractivity contribution in [1.29, 1.82) is 0 Å². The molecule has 1 saturated carbocycles. The summed E-state index contributed by atoms with van der Waals surface area (Å²) < 4.78 is 37.5. The molecule has 1 aromatic carbocycles. The van der Waals surface area contributed by atoms with Gasteiger partial charge in [-0.3, -0.25) is 0 Å². The van der Waals surface area contributed by atoms with Crippen molar-refractivity contribution < 1.29 is 23.1 Å². The van der Waals surface area contributed by atoms with Crippen LogP contribution in [0.15, 0.2) is 24.3 Å². The topological polar surface area (TPSA) is 61.4 Å². The second-order valence-corrected chi connectivity index (χ2v) is 6.28. The summed E-state index contributed by atoms with van der Waals surface area (Å²) in [6, 6.07) is 4.38. The number of hydrogen-bond acceptors (Lipinski definition) is 2. The molecule has 2 rings (SSSR count). The maximum atomic E-state index is 12.5. The third-order valence-corrected chi connectivity index (χ3v) is 4.12. The SMILES string of the molecule is CC(Cc1ccc(C(F)(F)F)cc1)NC(=O)NCC1(CO)CC1. The Bertz CT molecular complexity index is 539. The molecule has 1 atom stereocenters. The molecule has 0 bridgehead atoms. The van der Waals surface area contributed by atoms with Crippen molar-refractivity contribution in [1.82, 2.24) is 10.6 Å². The van der Waals surface area contributed by atoms with Crippen LogP contribution in [0, 0.1) is 5.41 Å². The van der Waals surface area contributed by atoms with Gasteiger partial charge >= 0.3 is 12.2 Å². The lowest BCUT2D eigenvalue weighted by Crippen LogP contribution is -2.44. The number of carbonyl (C=O) groups is 1. The number of amides is 2. The van der Waals surface area contributed by atoms with Crippen molar-refractivity contribution in [2.45, 2.75) is 38.4 Å². The minimum absolute atomic E-state index is 0.0639. The van der Waals surface area contributed by atoms with Gasteiger partial charge in [-0.15, -0.1) is 0 Å². The third-order valence-electron chi connectivity index (χ3n) is 4.12. The summed E-state index contributed by atoms with van der Waals surface area (Å²) >= 11 is 0. The van der Waals surface area contributed by atoms with Crippen LogP contribution in [-0.4, -0.2) is 30.3 Å². The number of hydrogen-bond donors (Lipinski definition) is 3. The molecule has 0 aromatic heterocycles. The third kappa shape index (κ3) is 5.13. The van der Waals surface area contributed by atoms with Gasteiger partial charge in [0.25, 0.3) is 0 Å². The second kappa shape index (κ2) is 6.78. The van der Waals surface area contributed by atoms with E-state index in [-0.39, 0.29) is 24.1 Å². The maximum absolute atomic E-state index is 12.5. The van der Waals surface area contributed by atoms with E-state index in [0.717, 1.165) is 30.5 Å². The maximum Gasteiger partial charge on any atom is 0.416 e. The van der Waals surface area contributed by atoms with E-state index >= 15 is 0 Å². The first-order chi connectivity index (χ1) is 10.7. The number of carbonyl (C=O) groups excluding carboxylic acids is 1. The fraction of sp³-hybridized carbons (Fsp3) is 0.562. The summed E-state index contributed by atoms with van der Waals surface area (Å²) in [4.78, 5) is 11.8. The molecule has 1 aliphatic carbocycles. The summed E-state index contributed by atoms with van der Waals surface area (Å²) in [6.45, 7) is 2.28. The van der Waals surface area contributed by atoms with E-state index in [1.54, 1.807) is 6.92 Å². The van der Waals surface area contributed by atoms with Crippen molar-refractivity contribution >= 4 is 6.03 Å². The molecule has 0 heterocycles. The lowest BCUT2D eigenvalue weighted by molar-refractivity contribution is -0.137. The normalized spacial score (nSPS) is 17.4. The highest BCUT2D eigenvalue weighted by atomic mass is 19.4. The van der Waals surface area contributed by atoms with E-state index in [0.29, 0.717) is 13.0 Å².